The molecule has 3 aliphatic heterocycles. The second kappa shape index (κ2) is 7.61. The Morgan fingerprint density at radius 3 is 2.60 bits per heavy atom. The normalized spacial score (nSPS) is 27.7. The Labute approximate surface area is 173 Å². The molecule has 3 aliphatic rings. The van der Waals surface area contributed by atoms with E-state index in [1.807, 2.05) is 6.07 Å². The van der Waals surface area contributed by atoms with E-state index in [1.165, 1.54) is 12.1 Å². The third-order valence-electron chi connectivity index (χ3n) is 6.64. The number of nitrogens with one attached hydrogen (secondary N) is 1. The number of carbonyl (C=O) groups excluding carboxylic acids is 1. The van der Waals surface area contributed by atoms with E-state index in [0.717, 1.165) is 5.69 Å². The first-order valence-corrected chi connectivity index (χ1v) is 10.3. The van der Waals surface area contributed by atoms with E-state index in [9.17, 15) is 19.1 Å². The summed E-state index contributed by atoms with van der Waals surface area (Å²) in [6.07, 6.45) is 0. The van der Waals surface area contributed by atoms with Gasteiger partial charge in [0.15, 0.2) is 0 Å². The maximum absolute atomic E-state index is 13.2. The van der Waals surface area contributed by atoms with Gasteiger partial charge in [-0.1, -0.05) is 12.1 Å². The van der Waals surface area contributed by atoms with Crippen molar-refractivity contribution in [3.05, 3.63) is 58.3 Å². The highest BCUT2D eigenvalue weighted by molar-refractivity contribution is 5.83. The van der Waals surface area contributed by atoms with E-state index in [-0.39, 0.29) is 41.8 Å². The lowest BCUT2D eigenvalue weighted by Gasteiger charge is -2.31. The summed E-state index contributed by atoms with van der Waals surface area (Å²) in [5, 5.41) is 13.5. The molecule has 0 aliphatic carbocycles. The van der Waals surface area contributed by atoms with Crippen molar-refractivity contribution in [2.75, 3.05) is 32.9 Å². The molecule has 0 spiro atoms. The molecular formula is C22H24FN3O4. The quantitative estimate of drug-likeness (QED) is 0.777. The summed E-state index contributed by atoms with van der Waals surface area (Å²) >= 11 is 0. The molecule has 0 radical (unpaired) electrons. The van der Waals surface area contributed by atoms with E-state index in [1.54, 1.807) is 27.7 Å². The minimum Gasteiger partial charge on any atom is -0.396 e. The number of morpholine rings is 1. The Morgan fingerprint density at radius 2 is 1.90 bits per heavy atom. The second-order valence-corrected chi connectivity index (χ2v) is 8.16. The lowest BCUT2D eigenvalue weighted by atomic mass is 9.88. The van der Waals surface area contributed by atoms with Crippen LogP contribution in [-0.2, 0) is 16.1 Å². The number of benzene rings is 1. The second-order valence-electron chi connectivity index (χ2n) is 8.16. The summed E-state index contributed by atoms with van der Waals surface area (Å²) in [6, 6.07) is 8.90. The van der Waals surface area contributed by atoms with Gasteiger partial charge in [0.2, 0.25) is 5.91 Å². The van der Waals surface area contributed by atoms with Gasteiger partial charge < -0.3 is 19.3 Å². The molecule has 8 heteroatoms. The number of nitrogens with zero attached hydrogens (tertiary/aromatic N) is 2. The lowest BCUT2D eigenvalue weighted by molar-refractivity contribution is -0.138. The Balaban J connectivity index is 1.44. The monoisotopic (exact) mass is 413 g/mol. The first-order valence-electron chi connectivity index (χ1n) is 10.3. The third-order valence-corrected chi connectivity index (χ3v) is 6.64. The van der Waals surface area contributed by atoms with Gasteiger partial charge in [-0.25, -0.2) is 4.39 Å². The van der Waals surface area contributed by atoms with E-state index < -0.39 is 6.04 Å². The number of halogens is 1. The van der Waals surface area contributed by atoms with Crippen LogP contribution in [0.3, 0.4) is 0 Å². The van der Waals surface area contributed by atoms with Crippen LogP contribution in [0.25, 0.3) is 11.1 Å². The van der Waals surface area contributed by atoms with Crippen molar-refractivity contribution in [1.29, 1.82) is 0 Å². The highest BCUT2D eigenvalue weighted by atomic mass is 19.1. The highest BCUT2D eigenvalue weighted by Gasteiger charge is 2.51. The lowest BCUT2D eigenvalue weighted by Crippen LogP contribution is -2.51. The summed E-state index contributed by atoms with van der Waals surface area (Å²) in [5.41, 5.74) is 1.87. The molecule has 2 N–H and O–H groups in total. The van der Waals surface area contributed by atoms with Crippen molar-refractivity contribution in [3.8, 4) is 11.1 Å². The average molecular weight is 413 g/mol. The molecule has 1 aromatic heterocycles. The number of fused-ring (bicyclic) bond motifs is 3. The average Bonchev–Trinajstić information content (AvgIpc) is 3.31. The number of hydrogen-bond donors (Lipinski definition) is 2. The van der Waals surface area contributed by atoms with Gasteiger partial charge in [-0.3, -0.25) is 14.9 Å². The minimum absolute atomic E-state index is 0.0106. The number of carbonyl (C=O) groups is 1. The number of rotatable bonds is 3. The fourth-order valence-electron chi connectivity index (χ4n) is 5.07. The van der Waals surface area contributed by atoms with Crippen LogP contribution in [0.2, 0.25) is 0 Å². The smallest absolute Gasteiger partial charge is 0.258 e. The number of aromatic nitrogens is 1. The van der Waals surface area contributed by atoms with Crippen LogP contribution in [0.5, 0.6) is 0 Å². The van der Waals surface area contributed by atoms with Crippen molar-refractivity contribution in [1.82, 2.24) is 14.8 Å². The Bertz CT molecular complexity index is 1020. The standard InChI is InChI=1S/C22H24FN3O4/c23-14-3-1-13(2-4-14)15-5-6-18-19-16(11-26(18)21(15)28)17(12-27)20(24-19)22(29)25-7-9-30-10-8-25/h1-6,16-17,19-20,24,27H,7-12H2/t16-,17-,19+,20-/m0/s1. The van der Waals surface area contributed by atoms with Crippen molar-refractivity contribution in [3.63, 3.8) is 0 Å². The van der Waals surface area contributed by atoms with Crippen molar-refractivity contribution in [2.24, 2.45) is 11.8 Å². The van der Waals surface area contributed by atoms with Gasteiger partial charge in [0.1, 0.15) is 5.82 Å². The number of amides is 1. The third kappa shape index (κ3) is 3.07. The van der Waals surface area contributed by atoms with Crippen LogP contribution in [0, 0.1) is 17.7 Å². The molecule has 2 saturated heterocycles. The number of pyridine rings is 1. The van der Waals surface area contributed by atoms with Gasteiger partial charge in [-0.2, -0.15) is 0 Å². The predicted octanol–water partition coefficient (Wildman–Crippen LogP) is 0.764. The van der Waals surface area contributed by atoms with E-state index in [4.69, 9.17) is 4.74 Å². The van der Waals surface area contributed by atoms with Gasteiger partial charge >= 0.3 is 0 Å². The minimum atomic E-state index is -0.469. The SMILES string of the molecule is O=C([C@H]1N[C@H]2c3ccc(-c4ccc(F)cc4)c(=O)n3C[C@H]2[C@@H]1CO)N1CCOCC1. The molecule has 0 saturated carbocycles. The molecule has 7 nitrogen and oxygen atoms in total. The van der Waals surface area contributed by atoms with Gasteiger partial charge in [0.25, 0.3) is 5.56 Å². The van der Waals surface area contributed by atoms with Gasteiger partial charge in [-0.05, 0) is 29.8 Å². The summed E-state index contributed by atoms with van der Waals surface area (Å²) in [4.78, 5) is 28.0. The maximum Gasteiger partial charge on any atom is 0.258 e. The first kappa shape index (κ1) is 19.4. The Hall–Kier alpha value is -2.55. The fourth-order valence-corrected chi connectivity index (χ4v) is 5.07. The van der Waals surface area contributed by atoms with Gasteiger partial charge in [0.05, 0.1) is 25.3 Å². The Morgan fingerprint density at radius 1 is 1.17 bits per heavy atom. The first-order chi connectivity index (χ1) is 14.6. The zero-order valence-electron chi connectivity index (χ0n) is 16.5. The van der Waals surface area contributed by atoms with Crippen LogP contribution >= 0.6 is 0 Å². The molecule has 0 bridgehead atoms. The van der Waals surface area contributed by atoms with Crippen LogP contribution in [0.15, 0.2) is 41.2 Å². The summed E-state index contributed by atoms with van der Waals surface area (Å²) in [7, 11) is 0. The summed E-state index contributed by atoms with van der Waals surface area (Å²) in [5.74, 6) is -0.663. The van der Waals surface area contributed by atoms with Crippen LogP contribution in [0.1, 0.15) is 11.7 Å². The van der Waals surface area contributed by atoms with Crippen molar-refractivity contribution in [2.45, 2.75) is 18.6 Å². The molecule has 0 unspecified atom stereocenters. The fraction of sp³-hybridized carbons (Fsp3) is 0.455. The van der Waals surface area contributed by atoms with Crippen molar-refractivity contribution < 1.29 is 19.0 Å². The number of hydrogen-bond acceptors (Lipinski definition) is 5. The van der Waals surface area contributed by atoms with Gasteiger partial charge in [-0.15, -0.1) is 0 Å². The molecule has 4 atom stereocenters. The molecule has 1 amide bonds. The van der Waals surface area contributed by atoms with Crippen LogP contribution in [0.4, 0.5) is 4.39 Å². The van der Waals surface area contributed by atoms with E-state index in [2.05, 4.69) is 5.32 Å². The number of aliphatic hydroxyl groups is 1. The molecular weight excluding hydrogens is 389 g/mol. The molecule has 5 rings (SSSR count). The zero-order chi connectivity index (χ0) is 20.8. The van der Waals surface area contributed by atoms with Gasteiger partial charge in [0, 0.05) is 49.3 Å². The van der Waals surface area contributed by atoms with Crippen molar-refractivity contribution >= 4 is 5.91 Å². The maximum atomic E-state index is 13.2. The molecule has 2 aromatic rings. The Kier molecular flexibility index (Phi) is 4.92. The number of ether oxygens (including phenoxy) is 1. The number of aliphatic hydroxyl groups excluding tert-OH is 1. The predicted molar refractivity (Wildman–Crippen MR) is 107 cm³/mol. The molecule has 158 valence electrons. The highest BCUT2D eigenvalue weighted by Crippen LogP contribution is 2.43. The molecule has 2 fully saturated rings. The zero-order valence-corrected chi connectivity index (χ0v) is 16.5. The molecule has 4 heterocycles. The summed E-state index contributed by atoms with van der Waals surface area (Å²) in [6.45, 7) is 2.49. The topological polar surface area (TPSA) is 83.8 Å². The molecule has 1 aromatic carbocycles. The van der Waals surface area contributed by atoms with E-state index >= 15 is 0 Å². The van der Waals surface area contributed by atoms with E-state index in [0.29, 0.717) is 44.0 Å². The molecule has 30 heavy (non-hydrogen) atoms. The van der Waals surface area contributed by atoms with Crippen LogP contribution < -0.4 is 10.9 Å². The van der Waals surface area contributed by atoms with Crippen LogP contribution in [-0.4, -0.2) is 59.4 Å². The summed E-state index contributed by atoms with van der Waals surface area (Å²) < 4.78 is 20.3. The largest absolute Gasteiger partial charge is 0.396 e.